The van der Waals surface area contributed by atoms with Gasteiger partial charge in [0.2, 0.25) is 0 Å². The van der Waals surface area contributed by atoms with Crippen molar-refractivity contribution in [3.63, 3.8) is 0 Å². The van der Waals surface area contributed by atoms with E-state index in [9.17, 15) is 0 Å². The highest BCUT2D eigenvalue weighted by Crippen LogP contribution is 2.45. The molecule has 0 bridgehead atoms. The Labute approximate surface area is 171 Å². The summed E-state index contributed by atoms with van der Waals surface area (Å²) in [6.07, 6.45) is 4.77. The van der Waals surface area contributed by atoms with Gasteiger partial charge >= 0.3 is 0 Å². The molecule has 0 radical (unpaired) electrons. The first kappa shape index (κ1) is 17.7. The summed E-state index contributed by atoms with van der Waals surface area (Å²) in [5, 5.41) is 9.70. The highest BCUT2D eigenvalue weighted by Gasteiger charge is 2.34. The van der Waals surface area contributed by atoms with Crippen LogP contribution in [0.3, 0.4) is 0 Å². The molecule has 0 atom stereocenters. The van der Waals surface area contributed by atoms with Crippen molar-refractivity contribution in [2.24, 2.45) is 5.92 Å². The Balaban J connectivity index is 1.57. The molecular formula is C23H25ClN4. The van der Waals surface area contributed by atoms with Crippen molar-refractivity contribution >= 4 is 28.5 Å². The lowest BCUT2D eigenvalue weighted by molar-refractivity contribution is 0.353. The Kier molecular flexibility index (Phi) is 4.75. The molecule has 1 fully saturated rings. The van der Waals surface area contributed by atoms with E-state index in [1.165, 1.54) is 36.1 Å². The molecule has 28 heavy (non-hydrogen) atoms. The molecule has 0 saturated carbocycles. The zero-order valence-electron chi connectivity index (χ0n) is 15.8. The molecule has 2 aromatic rings. The van der Waals surface area contributed by atoms with E-state index < -0.39 is 0 Å². The van der Waals surface area contributed by atoms with Crippen molar-refractivity contribution in [3.8, 4) is 0 Å². The van der Waals surface area contributed by atoms with Crippen molar-refractivity contribution in [2.45, 2.75) is 25.7 Å². The summed E-state index contributed by atoms with van der Waals surface area (Å²) in [6.45, 7) is 2.28. The molecule has 144 valence electrons. The number of fused-ring (bicyclic) bond motifs is 3. The highest BCUT2D eigenvalue weighted by molar-refractivity contribution is 6.33. The van der Waals surface area contributed by atoms with Crippen LogP contribution in [-0.4, -0.2) is 13.1 Å². The number of halogens is 1. The third-order valence-corrected chi connectivity index (χ3v) is 6.24. The van der Waals surface area contributed by atoms with Gasteiger partial charge in [0.1, 0.15) is 5.16 Å². The number of hydrogen-bond acceptors (Lipinski definition) is 4. The zero-order valence-corrected chi connectivity index (χ0v) is 16.6. The molecule has 3 aliphatic heterocycles. The lowest BCUT2D eigenvalue weighted by Crippen LogP contribution is -2.32. The molecule has 1 saturated heterocycles. The van der Waals surface area contributed by atoms with E-state index in [0.717, 1.165) is 42.5 Å². The fourth-order valence-electron chi connectivity index (χ4n) is 4.48. The summed E-state index contributed by atoms with van der Waals surface area (Å²) in [6, 6.07) is 18.9. The third-order valence-electron chi connectivity index (χ3n) is 5.95. The topological polar surface area (TPSA) is 39.3 Å². The Bertz CT molecular complexity index is 929. The van der Waals surface area contributed by atoms with Gasteiger partial charge in [-0.15, -0.1) is 0 Å². The van der Waals surface area contributed by atoms with Gasteiger partial charge in [0, 0.05) is 16.8 Å². The van der Waals surface area contributed by atoms with Crippen LogP contribution in [0.4, 0.5) is 11.4 Å². The van der Waals surface area contributed by atoms with Gasteiger partial charge in [0.15, 0.2) is 0 Å². The molecule has 3 heterocycles. The average molecular weight is 393 g/mol. The number of allylic oxidation sites excluding steroid dienone is 2. The van der Waals surface area contributed by atoms with Crippen LogP contribution >= 0.6 is 11.6 Å². The van der Waals surface area contributed by atoms with Crippen molar-refractivity contribution < 1.29 is 0 Å². The minimum Gasteiger partial charge on any atom is -0.344 e. The van der Waals surface area contributed by atoms with Gasteiger partial charge in [0.25, 0.3) is 0 Å². The van der Waals surface area contributed by atoms with Crippen LogP contribution in [0.15, 0.2) is 71.1 Å². The van der Waals surface area contributed by atoms with Crippen molar-refractivity contribution in [2.75, 3.05) is 23.4 Å². The number of hydrazine groups is 1. The quantitative estimate of drug-likeness (QED) is 0.638. The molecule has 0 spiro atoms. The molecule has 0 amide bonds. The summed E-state index contributed by atoms with van der Waals surface area (Å²) in [4.78, 5) is 0. The molecule has 0 aromatic heterocycles. The van der Waals surface area contributed by atoms with E-state index in [4.69, 9.17) is 11.6 Å². The lowest BCUT2D eigenvalue weighted by Gasteiger charge is -2.26. The number of benzene rings is 2. The van der Waals surface area contributed by atoms with Crippen LogP contribution in [0, 0.1) is 5.92 Å². The summed E-state index contributed by atoms with van der Waals surface area (Å²) in [7, 11) is 0. The molecule has 5 heteroatoms. The van der Waals surface area contributed by atoms with Crippen LogP contribution in [-0.2, 0) is 0 Å². The second kappa shape index (κ2) is 7.53. The van der Waals surface area contributed by atoms with E-state index >= 15 is 0 Å². The molecule has 0 unspecified atom stereocenters. The second-order valence-electron chi connectivity index (χ2n) is 7.70. The minimum atomic E-state index is 0.659. The first-order valence-electron chi connectivity index (χ1n) is 10.1. The maximum atomic E-state index is 6.65. The number of nitrogens with one attached hydrogen (secondary N) is 3. The molecule has 0 aliphatic carbocycles. The predicted octanol–water partition coefficient (Wildman–Crippen LogP) is 5.04. The maximum Gasteiger partial charge on any atom is 0.132 e. The Hall–Kier alpha value is -2.43. The number of hydrogen-bond donors (Lipinski definition) is 3. The summed E-state index contributed by atoms with van der Waals surface area (Å²) in [5.41, 5.74) is 10.5. The fourth-order valence-corrected chi connectivity index (χ4v) is 4.72. The van der Waals surface area contributed by atoms with Crippen LogP contribution in [0.1, 0.15) is 31.2 Å². The normalized spacial score (nSPS) is 19.2. The van der Waals surface area contributed by atoms with E-state index in [0.29, 0.717) is 5.16 Å². The van der Waals surface area contributed by atoms with Gasteiger partial charge in [0.05, 0.1) is 17.1 Å². The van der Waals surface area contributed by atoms with E-state index in [-0.39, 0.29) is 0 Å². The molecule has 3 N–H and O–H groups in total. The first-order valence-corrected chi connectivity index (χ1v) is 10.5. The molecular weight excluding hydrogens is 368 g/mol. The average Bonchev–Trinajstić information content (AvgIpc) is 3.14. The first-order chi connectivity index (χ1) is 13.8. The van der Waals surface area contributed by atoms with Gasteiger partial charge in [-0.3, -0.25) is 10.4 Å². The van der Waals surface area contributed by atoms with Crippen LogP contribution in [0.5, 0.6) is 0 Å². The molecule has 5 rings (SSSR count). The number of para-hydroxylation sites is 2. The lowest BCUT2D eigenvalue weighted by atomic mass is 9.90. The Morgan fingerprint density at radius 3 is 2.54 bits per heavy atom. The van der Waals surface area contributed by atoms with Crippen LogP contribution in [0.2, 0.25) is 0 Å². The number of nitrogens with zero attached hydrogens (tertiary/aromatic N) is 1. The number of rotatable bonds is 4. The maximum absolute atomic E-state index is 6.65. The van der Waals surface area contributed by atoms with Crippen LogP contribution < -0.4 is 21.1 Å². The number of anilines is 2. The number of piperidine rings is 1. The standard InChI is InChI=1S/C23H25ClN4/c24-23-22-21(18-8-4-5-9-19(18)26-23)20(11-10-16-12-14-25-15-13-16)28(27-22)17-6-2-1-3-7-17/h1-9,16,25-27H,10-15H2. The zero-order chi connectivity index (χ0) is 18.9. The SMILES string of the molecule is ClC1=C2NN(c3ccccc3)C(CCC3CCNCC3)=C2c2ccccc2N1. The largest absolute Gasteiger partial charge is 0.344 e. The van der Waals surface area contributed by atoms with Gasteiger partial charge in [-0.05, 0) is 62.9 Å². The molecule has 4 nitrogen and oxygen atoms in total. The highest BCUT2D eigenvalue weighted by atomic mass is 35.5. The fraction of sp³-hybridized carbons (Fsp3) is 0.304. The predicted molar refractivity (Wildman–Crippen MR) is 117 cm³/mol. The summed E-state index contributed by atoms with van der Waals surface area (Å²) >= 11 is 6.65. The Morgan fingerprint density at radius 2 is 1.71 bits per heavy atom. The minimum absolute atomic E-state index is 0.659. The van der Waals surface area contributed by atoms with Crippen LogP contribution in [0.25, 0.3) is 5.57 Å². The van der Waals surface area contributed by atoms with Crippen molar-refractivity contribution in [1.82, 2.24) is 10.7 Å². The molecule has 3 aliphatic rings. The second-order valence-corrected chi connectivity index (χ2v) is 8.07. The Morgan fingerprint density at radius 1 is 0.964 bits per heavy atom. The van der Waals surface area contributed by atoms with Gasteiger partial charge in [-0.25, -0.2) is 0 Å². The van der Waals surface area contributed by atoms with Gasteiger partial charge in [-0.2, -0.15) is 0 Å². The van der Waals surface area contributed by atoms with Gasteiger partial charge in [-0.1, -0.05) is 48.0 Å². The van der Waals surface area contributed by atoms with E-state index in [1.807, 2.05) is 6.07 Å². The smallest absolute Gasteiger partial charge is 0.132 e. The molecule has 2 aromatic carbocycles. The van der Waals surface area contributed by atoms with Gasteiger partial charge < -0.3 is 10.6 Å². The van der Waals surface area contributed by atoms with E-state index in [2.05, 4.69) is 69.6 Å². The monoisotopic (exact) mass is 392 g/mol. The summed E-state index contributed by atoms with van der Waals surface area (Å²) < 4.78 is 0. The summed E-state index contributed by atoms with van der Waals surface area (Å²) in [5.74, 6) is 0.785. The van der Waals surface area contributed by atoms with Crippen molar-refractivity contribution in [3.05, 3.63) is 76.7 Å². The van der Waals surface area contributed by atoms with E-state index in [1.54, 1.807) is 0 Å². The van der Waals surface area contributed by atoms with Crippen molar-refractivity contribution in [1.29, 1.82) is 0 Å². The third kappa shape index (κ3) is 3.17.